The Morgan fingerprint density at radius 3 is 2.67 bits per heavy atom. The molecular weight excluding hydrogens is 222 g/mol. The van der Waals surface area contributed by atoms with Gasteiger partial charge in [0, 0.05) is 19.0 Å². The second-order valence-corrected chi connectivity index (χ2v) is 4.09. The van der Waals surface area contributed by atoms with Gasteiger partial charge < -0.3 is 5.32 Å². The SMILES string of the molecule is CNc1ncnc(CC2=CC=CC=CC=C2)c1C. The van der Waals surface area contributed by atoms with E-state index >= 15 is 0 Å². The molecule has 0 radical (unpaired) electrons. The van der Waals surface area contributed by atoms with E-state index in [0.717, 1.165) is 23.5 Å². The van der Waals surface area contributed by atoms with Crippen molar-refractivity contribution in [3.8, 4) is 0 Å². The zero-order valence-corrected chi connectivity index (χ0v) is 10.7. The van der Waals surface area contributed by atoms with Crippen molar-refractivity contribution in [1.82, 2.24) is 9.97 Å². The standard InChI is InChI=1S/C15H17N3/c1-12-14(17-11-18-15(12)16-2)10-13-8-6-4-3-5-7-9-13/h3-9,11H,10H2,1-2H3,(H,16,17,18). The zero-order valence-electron chi connectivity index (χ0n) is 10.7. The first-order chi connectivity index (χ1) is 8.81. The van der Waals surface area contributed by atoms with Gasteiger partial charge in [0.15, 0.2) is 0 Å². The molecule has 1 aliphatic carbocycles. The molecular formula is C15H17N3. The zero-order chi connectivity index (χ0) is 12.8. The van der Waals surface area contributed by atoms with Crippen molar-refractivity contribution in [2.45, 2.75) is 13.3 Å². The van der Waals surface area contributed by atoms with Gasteiger partial charge in [-0.25, -0.2) is 9.97 Å². The molecule has 0 aliphatic heterocycles. The van der Waals surface area contributed by atoms with Crippen LogP contribution in [0.2, 0.25) is 0 Å². The van der Waals surface area contributed by atoms with Crippen molar-refractivity contribution >= 4 is 5.82 Å². The molecule has 18 heavy (non-hydrogen) atoms. The van der Waals surface area contributed by atoms with E-state index in [0.29, 0.717) is 0 Å². The van der Waals surface area contributed by atoms with E-state index in [-0.39, 0.29) is 0 Å². The van der Waals surface area contributed by atoms with Crippen LogP contribution in [0.25, 0.3) is 0 Å². The Hall–Kier alpha value is -2.16. The van der Waals surface area contributed by atoms with Crippen LogP contribution in [-0.4, -0.2) is 17.0 Å². The summed E-state index contributed by atoms with van der Waals surface area (Å²) in [6.07, 6.45) is 16.8. The van der Waals surface area contributed by atoms with Gasteiger partial charge >= 0.3 is 0 Å². The number of rotatable bonds is 3. The number of aromatic nitrogens is 2. The summed E-state index contributed by atoms with van der Waals surface area (Å²) in [5.41, 5.74) is 3.40. The fourth-order valence-corrected chi connectivity index (χ4v) is 1.83. The molecule has 92 valence electrons. The van der Waals surface area contributed by atoms with Crippen LogP contribution in [-0.2, 0) is 6.42 Å². The molecule has 1 aromatic rings. The van der Waals surface area contributed by atoms with Gasteiger partial charge in [0.1, 0.15) is 12.1 Å². The van der Waals surface area contributed by atoms with E-state index in [1.54, 1.807) is 6.33 Å². The van der Waals surface area contributed by atoms with Crippen LogP contribution in [0.15, 0.2) is 54.4 Å². The van der Waals surface area contributed by atoms with Gasteiger partial charge in [-0.1, -0.05) is 42.5 Å². The highest BCUT2D eigenvalue weighted by atomic mass is 15.0. The lowest BCUT2D eigenvalue weighted by Crippen LogP contribution is -2.03. The van der Waals surface area contributed by atoms with Gasteiger partial charge in [0.2, 0.25) is 0 Å². The Labute approximate surface area is 108 Å². The molecule has 1 aliphatic rings. The minimum absolute atomic E-state index is 0.817. The predicted molar refractivity (Wildman–Crippen MR) is 75.5 cm³/mol. The molecule has 0 aromatic carbocycles. The van der Waals surface area contributed by atoms with Crippen LogP contribution >= 0.6 is 0 Å². The molecule has 3 nitrogen and oxygen atoms in total. The van der Waals surface area contributed by atoms with Crippen LogP contribution in [0.4, 0.5) is 5.82 Å². The highest BCUT2D eigenvalue weighted by molar-refractivity contribution is 5.46. The van der Waals surface area contributed by atoms with Crippen LogP contribution in [0, 0.1) is 6.92 Å². The molecule has 1 aromatic heterocycles. The summed E-state index contributed by atoms with van der Waals surface area (Å²) in [6.45, 7) is 2.05. The molecule has 3 heteroatoms. The summed E-state index contributed by atoms with van der Waals surface area (Å²) in [5.74, 6) is 0.894. The lowest BCUT2D eigenvalue weighted by molar-refractivity contribution is 0.996. The molecule has 0 spiro atoms. The molecule has 0 saturated carbocycles. The second kappa shape index (κ2) is 5.96. The summed E-state index contributed by atoms with van der Waals surface area (Å²) < 4.78 is 0. The van der Waals surface area contributed by atoms with Crippen molar-refractivity contribution in [2.75, 3.05) is 12.4 Å². The number of allylic oxidation sites excluding steroid dienone is 8. The van der Waals surface area contributed by atoms with Gasteiger partial charge in [-0.05, 0) is 12.5 Å². The summed E-state index contributed by atoms with van der Waals surface area (Å²) in [7, 11) is 1.88. The Morgan fingerprint density at radius 1 is 1.06 bits per heavy atom. The van der Waals surface area contributed by atoms with Crippen molar-refractivity contribution in [3.05, 3.63) is 65.7 Å². The maximum Gasteiger partial charge on any atom is 0.132 e. The molecule has 0 bridgehead atoms. The van der Waals surface area contributed by atoms with Crippen LogP contribution in [0.1, 0.15) is 11.3 Å². The predicted octanol–water partition coefficient (Wildman–Crippen LogP) is 2.98. The fourth-order valence-electron chi connectivity index (χ4n) is 1.83. The molecule has 0 saturated heterocycles. The molecule has 0 unspecified atom stereocenters. The molecule has 0 fully saturated rings. The van der Waals surface area contributed by atoms with Gasteiger partial charge in [0.05, 0.1) is 5.69 Å². The third kappa shape index (κ3) is 2.94. The summed E-state index contributed by atoms with van der Waals surface area (Å²) in [5, 5.41) is 3.08. The largest absolute Gasteiger partial charge is 0.373 e. The highest BCUT2D eigenvalue weighted by Gasteiger charge is 2.06. The lowest BCUT2D eigenvalue weighted by Gasteiger charge is -2.09. The molecule has 0 amide bonds. The third-order valence-electron chi connectivity index (χ3n) is 2.86. The van der Waals surface area contributed by atoms with Gasteiger partial charge in [0.25, 0.3) is 0 Å². The van der Waals surface area contributed by atoms with E-state index in [9.17, 15) is 0 Å². The summed E-state index contributed by atoms with van der Waals surface area (Å²) in [4.78, 5) is 8.57. The fraction of sp³-hybridized carbons (Fsp3) is 0.200. The van der Waals surface area contributed by atoms with Gasteiger partial charge in [-0.3, -0.25) is 0 Å². The normalized spacial score (nSPS) is 14.0. The average Bonchev–Trinajstić information content (AvgIpc) is 2.34. The molecule has 0 atom stereocenters. The number of hydrogen-bond donors (Lipinski definition) is 1. The first-order valence-corrected chi connectivity index (χ1v) is 6.00. The Kier molecular flexibility index (Phi) is 4.07. The Balaban J connectivity index is 2.24. The molecule has 1 N–H and O–H groups in total. The quantitative estimate of drug-likeness (QED) is 0.881. The maximum atomic E-state index is 4.37. The van der Waals surface area contributed by atoms with Crippen LogP contribution in [0.3, 0.4) is 0 Å². The van der Waals surface area contributed by atoms with Crippen LogP contribution < -0.4 is 5.32 Å². The van der Waals surface area contributed by atoms with Gasteiger partial charge in [-0.15, -0.1) is 0 Å². The van der Waals surface area contributed by atoms with Crippen LogP contribution in [0.5, 0.6) is 0 Å². The Morgan fingerprint density at radius 2 is 1.83 bits per heavy atom. The minimum Gasteiger partial charge on any atom is -0.373 e. The van der Waals surface area contributed by atoms with E-state index in [1.807, 2.05) is 44.4 Å². The topological polar surface area (TPSA) is 37.8 Å². The van der Waals surface area contributed by atoms with Gasteiger partial charge in [-0.2, -0.15) is 0 Å². The number of nitrogens with one attached hydrogen (secondary N) is 1. The first-order valence-electron chi connectivity index (χ1n) is 6.00. The lowest BCUT2D eigenvalue weighted by atomic mass is 10.0. The number of anilines is 1. The van der Waals surface area contributed by atoms with E-state index in [4.69, 9.17) is 0 Å². The maximum absolute atomic E-state index is 4.37. The highest BCUT2D eigenvalue weighted by Crippen LogP contribution is 2.17. The van der Waals surface area contributed by atoms with E-state index in [2.05, 4.69) is 27.4 Å². The van der Waals surface area contributed by atoms with Crippen molar-refractivity contribution in [2.24, 2.45) is 0 Å². The third-order valence-corrected chi connectivity index (χ3v) is 2.86. The summed E-state index contributed by atoms with van der Waals surface area (Å²) >= 11 is 0. The number of nitrogens with zero attached hydrogens (tertiary/aromatic N) is 2. The number of hydrogen-bond acceptors (Lipinski definition) is 3. The van der Waals surface area contributed by atoms with Crippen molar-refractivity contribution < 1.29 is 0 Å². The monoisotopic (exact) mass is 239 g/mol. The first kappa shape index (κ1) is 12.3. The second-order valence-electron chi connectivity index (χ2n) is 4.09. The average molecular weight is 239 g/mol. The van der Waals surface area contributed by atoms with E-state index in [1.165, 1.54) is 5.57 Å². The minimum atomic E-state index is 0.817. The Bertz CT molecular complexity index is 537. The summed E-state index contributed by atoms with van der Waals surface area (Å²) in [6, 6.07) is 0. The molecule has 2 rings (SSSR count). The van der Waals surface area contributed by atoms with E-state index < -0.39 is 0 Å². The molecule has 1 heterocycles. The smallest absolute Gasteiger partial charge is 0.132 e. The van der Waals surface area contributed by atoms with Crippen molar-refractivity contribution in [3.63, 3.8) is 0 Å². The van der Waals surface area contributed by atoms with Crippen molar-refractivity contribution in [1.29, 1.82) is 0 Å².